The summed E-state index contributed by atoms with van der Waals surface area (Å²) in [5.41, 5.74) is 2.71. The molecule has 0 saturated heterocycles. The highest BCUT2D eigenvalue weighted by molar-refractivity contribution is 5.19. The molecule has 5 rings (SSSR count). The number of oxazole rings is 2. The van der Waals surface area contributed by atoms with E-state index in [-0.39, 0.29) is 11.1 Å². The van der Waals surface area contributed by atoms with Crippen LogP contribution in [0, 0.1) is 6.92 Å². The van der Waals surface area contributed by atoms with Gasteiger partial charge in [-0.15, -0.1) is 0 Å². The van der Waals surface area contributed by atoms with Crippen LogP contribution >= 0.6 is 0 Å². The number of rotatable bonds is 1. The number of aryl methyl sites for hydroxylation is 1. The number of fused-ring (bicyclic) bond motifs is 2. The summed E-state index contributed by atoms with van der Waals surface area (Å²) in [4.78, 5) is 13.7. The van der Waals surface area contributed by atoms with Crippen LogP contribution in [0.3, 0.4) is 0 Å². The summed E-state index contributed by atoms with van der Waals surface area (Å²) in [6, 6.07) is 0. The first kappa shape index (κ1) is 19.6. The van der Waals surface area contributed by atoms with Crippen LogP contribution in [0.1, 0.15) is 95.0 Å². The van der Waals surface area contributed by atoms with Crippen molar-refractivity contribution in [2.45, 2.75) is 104 Å². The lowest BCUT2D eigenvalue weighted by Crippen LogP contribution is -2.37. The maximum Gasteiger partial charge on any atom is 0.197 e. The minimum atomic E-state index is 0.205. The van der Waals surface area contributed by atoms with Crippen LogP contribution in [-0.2, 0) is 26.2 Å². The number of hydrogen-bond acceptors (Lipinski definition) is 6. The Morgan fingerprint density at radius 2 is 1.25 bits per heavy atom. The molecule has 0 amide bonds. The number of nitrogens with zero attached hydrogens (tertiary/aromatic N) is 4. The standard InChI is InChI=1S/C12H18N2O.C10H16N2O/c1-12(2,3)14-6-9-10(7-14)15-11(13-9)8-4-5-8;1-7-11-8-5-12(10(2,3)4)6-9(8)13-7/h8H,4-7H2,1-3H3;5-6H2,1-4H3. The Balaban J connectivity index is 0.000000139. The highest BCUT2D eigenvalue weighted by Crippen LogP contribution is 2.41. The van der Waals surface area contributed by atoms with Crippen molar-refractivity contribution in [3.8, 4) is 0 Å². The summed E-state index contributed by atoms with van der Waals surface area (Å²) in [7, 11) is 0. The van der Waals surface area contributed by atoms with Gasteiger partial charge in [-0.2, -0.15) is 0 Å². The molecule has 6 nitrogen and oxygen atoms in total. The SMILES string of the molecule is CC(C)(C)N1Cc2nc(C3CC3)oc2C1.Cc1nc2c(o1)CN(C(C)(C)C)C2. The Morgan fingerprint density at radius 3 is 1.68 bits per heavy atom. The molecule has 154 valence electrons. The van der Waals surface area contributed by atoms with Gasteiger partial charge in [0.15, 0.2) is 11.8 Å². The van der Waals surface area contributed by atoms with E-state index >= 15 is 0 Å². The van der Waals surface area contributed by atoms with Crippen LogP contribution in [0.4, 0.5) is 0 Å². The molecule has 4 heterocycles. The van der Waals surface area contributed by atoms with Gasteiger partial charge in [0, 0.05) is 37.0 Å². The molecule has 0 N–H and O–H groups in total. The van der Waals surface area contributed by atoms with Crippen LogP contribution in [0.15, 0.2) is 8.83 Å². The average molecular weight is 387 g/mol. The van der Waals surface area contributed by atoms with Crippen LogP contribution in [-0.4, -0.2) is 30.8 Å². The molecule has 3 aliphatic rings. The van der Waals surface area contributed by atoms with Crippen molar-refractivity contribution in [2.75, 3.05) is 0 Å². The third-order valence-corrected chi connectivity index (χ3v) is 5.85. The molecule has 1 fully saturated rings. The second-order valence-electron chi connectivity index (χ2n) is 10.4. The third kappa shape index (κ3) is 4.03. The molecule has 2 aromatic heterocycles. The second-order valence-corrected chi connectivity index (χ2v) is 10.4. The Bertz CT molecular complexity index is 802. The Kier molecular flexibility index (Phi) is 4.70. The van der Waals surface area contributed by atoms with Crippen molar-refractivity contribution in [1.82, 2.24) is 19.8 Å². The van der Waals surface area contributed by atoms with Crippen molar-refractivity contribution in [3.05, 3.63) is 34.7 Å². The van der Waals surface area contributed by atoms with Gasteiger partial charge in [0.05, 0.1) is 24.5 Å². The first-order valence-corrected chi connectivity index (χ1v) is 10.4. The van der Waals surface area contributed by atoms with Crippen LogP contribution in [0.2, 0.25) is 0 Å². The summed E-state index contributed by atoms with van der Waals surface area (Å²) < 4.78 is 11.3. The molecule has 2 aliphatic heterocycles. The van der Waals surface area contributed by atoms with Crippen molar-refractivity contribution < 1.29 is 8.83 Å². The van der Waals surface area contributed by atoms with E-state index in [9.17, 15) is 0 Å². The third-order valence-electron chi connectivity index (χ3n) is 5.85. The second kappa shape index (κ2) is 6.70. The molecule has 0 unspecified atom stereocenters. The van der Waals surface area contributed by atoms with Crippen LogP contribution in [0.25, 0.3) is 0 Å². The summed E-state index contributed by atoms with van der Waals surface area (Å²) in [5.74, 6) is 4.57. The summed E-state index contributed by atoms with van der Waals surface area (Å²) >= 11 is 0. The fraction of sp³-hybridized carbons (Fsp3) is 0.727. The first-order chi connectivity index (χ1) is 13.0. The lowest BCUT2D eigenvalue weighted by molar-refractivity contribution is 0.127. The Hall–Kier alpha value is -1.66. The van der Waals surface area contributed by atoms with E-state index < -0.39 is 0 Å². The number of hydrogen-bond donors (Lipinski definition) is 0. The van der Waals surface area contributed by atoms with E-state index in [2.05, 4.69) is 61.3 Å². The molecule has 0 aromatic carbocycles. The molecule has 0 spiro atoms. The Labute approximate surface area is 168 Å². The van der Waals surface area contributed by atoms with Crippen molar-refractivity contribution >= 4 is 0 Å². The molecular weight excluding hydrogens is 352 g/mol. The van der Waals surface area contributed by atoms with Crippen LogP contribution in [0.5, 0.6) is 0 Å². The zero-order valence-corrected chi connectivity index (χ0v) is 18.4. The fourth-order valence-corrected chi connectivity index (χ4v) is 3.68. The van der Waals surface area contributed by atoms with E-state index in [0.717, 1.165) is 55.2 Å². The number of aromatic nitrogens is 2. The molecule has 2 aromatic rings. The average Bonchev–Trinajstić information content (AvgIpc) is 2.87. The zero-order chi connectivity index (χ0) is 20.3. The summed E-state index contributed by atoms with van der Waals surface area (Å²) in [6.07, 6.45) is 2.53. The Morgan fingerprint density at radius 1 is 0.750 bits per heavy atom. The monoisotopic (exact) mass is 386 g/mol. The minimum absolute atomic E-state index is 0.205. The van der Waals surface area contributed by atoms with E-state index in [1.165, 1.54) is 18.5 Å². The summed E-state index contributed by atoms with van der Waals surface area (Å²) in [6.45, 7) is 19.0. The largest absolute Gasteiger partial charge is 0.444 e. The fourth-order valence-electron chi connectivity index (χ4n) is 3.68. The predicted octanol–water partition coefficient (Wildman–Crippen LogP) is 4.76. The van der Waals surface area contributed by atoms with Gasteiger partial charge in [-0.25, -0.2) is 9.97 Å². The van der Waals surface area contributed by atoms with Crippen molar-refractivity contribution in [3.63, 3.8) is 0 Å². The molecule has 0 atom stereocenters. The van der Waals surface area contributed by atoms with Gasteiger partial charge in [-0.1, -0.05) is 0 Å². The molecule has 0 bridgehead atoms. The van der Waals surface area contributed by atoms with E-state index in [1.54, 1.807) is 0 Å². The van der Waals surface area contributed by atoms with Gasteiger partial charge >= 0.3 is 0 Å². The minimum Gasteiger partial charge on any atom is -0.444 e. The molecule has 1 aliphatic carbocycles. The quantitative estimate of drug-likeness (QED) is 0.704. The zero-order valence-electron chi connectivity index (χ0n) is 18.4. The summed E-state index contributed by atoms with van der Waals surface area (Å²) in [5, 5.41) is 0. The first-order valence-electron chi connectivity index (χ1n) is 10.4. The molecule has 6 heteroatoms. The highest BCUT2D eigenvalue weighted by Gasteiger charge is 2.36. The highest BCUT2D eigenvalue weighted by atomic mass is 16.4. The predicted molar refractivity (Wildman–Crippen MR) is 108 cm³/mol. The molecule has 1 saturated carbocycles. The van der Waals surface area contributed by atoms with Gasteiger partial charge in [-0.05, 0) is 54.4 Å². The van der Waals surface area contributed by atoms with Gasteiger partial charge < -0.3 is 8.83 Å². The van der Waals surface area contributed by atoms with Gasteiger partial charge in [0.1, 0.15) is 11.5 Å². The van der Waals surface area contributed by atoms with Crippen LogP contribution < -0.4 is 0 Å². The van der Waals surface area contributed by atoms with Crippen molar-refractivity contribution in [1.29, 1.82) is 0 Å². The molecule has 0 radical (unpaired) electrons. The van der Waals surface area contributed by atoms with Gasteiger partial charge in [-0.3, -0.25) is 9.80 Å². The molecular formula is C22H34N4O2. The van der Waals surface area contributed by atoms with Gasteiger partial charge in [0.25, 0.3) is 0 Å². The maximum atomic E-state index is 5.82. The molecule has 28 heavy (non-hydrogen) atoms. The van der Waals surface area contributed by atoms with E-state index in [4.69, 9.17) is 8.83 Å². The normalized spacial score (nSPS) is 20.1. The van der Waals surface area contributed by atoms with Gasteiger partial charge in [0.2, 0.25) is 0 Å². The lowest BCUT2D eigenvalue weighted by atomic mass is 10.1. The van der Waals surface area contributed by atoms with E-state index in [1.807, 2.05) is 6.92 Å². The van der Waals surface area contributed by atoms with Crippen molar-refractivity contribution in [2.24, 2.45) is 0 Å². The maximum absolute atomic E-state index is 5.82. The smallest absolute Gasteiger partial charge is 0.197 e. The van der Waals surface area contributed by atoms with E-state index in [0.29, 0.717) is 5.92 Å². The lowest BCUT2D eigenvalue weighted by Gasteiger charge is -2.30. The topological polar surface area (TPSA) is 58.5 Å².